The predicted octanol–water partition coefficient (Wildman–Crippen LogP) is 2.69. The molecule has 0 aliphatic carbocycles. The van der Waals surface area contributed by atoms with Gasteiger partial charge < -0.3 is 15.2 Å². The number of carbonyl (C=O) groups excluding carboxylic acids is 2. The Morgan fingerprint density at radius 1 is 1.26 bits per heavy atom. The van der Waals surface area contributed by atoms with Gasteiger partial charge in [-0.2, -0.15) is 0 Å². The highest BCUT2D eigenvalue weighted by Crippen LogP contribution is 1.97. The van der Waals surface area contributed by atoms with E-state index < -0.39 is 0 Å². The van der Waals surface area contributed by atoms with Gasteiger partial charge in [-0.15, -0.1) is 0 Å². The van der Waals surface area contributed by atoms with Crippen molar-refractivity contribution in [2.75, 3.05) is 13.3 Å². The second-order valence-electron chi connectivity index (χ2n) is 4.02. The van der Waals surface area contributed by atoms with Gasteiger partial charge in [0, 0.05) is 5.57 Å². The van der Waals surface area contributed by atoms with Crippen LogP contribution in [-0.2, 0) is 14.3 Å². The fourth-order valence-corrected chi connectivity index (χ4v) is 0.994. The van der Waals surface area contributed by atoms with Gasteiger partial charge in [0.05, 0.1) is 6.61 Å². The largest absolute Gasteiger partial charge is 0.463 e. The maximum atomic E-state index is 10.4. The molecule has 0 aliphatic heterocycles. The molecule has 0 bridgehead atoms. The molecule has 5 heteroatoms. The molecule has 0 saturated heterocycles. The van der Waals surface area contributed by atoms with E-state index in [1.54, 1.807) is 13.8 Å². The Morgan fingerprint density at radius 3 is 2.04 bits per heavy atom. The molecule has 2 N–H and O–H groups in total. The Morgan fingerprint density at radius 2 is 1.83 bits per heavy atom. The SMILES string of the molecule is C=C(C)C(=O)OCC.C=CC(=O)NCO.C=Cc1ccccc1. The summed E-state index contributed by atoms with van der Waals surface area (Å²) in [6.45, 7) is 13.7. The van der Waals surface area contributed by atoms with Gasteiger partial charge in [0.15, 0.2) is 0 Å². The number of carbonyl (C=O) groups is 2. The fraction of sp³-hybridized carbons (Fsp3) is 0.222. The van der Waals surface area contributed by atoms with Crippen LogP contribution in [-0.4, -0.2) is 30.3 Å². The minimum Gasteiger partial charge on any atom is -0.463 e. The molecule has 0 aromatic heterocycles. The molecule has 0 atom stereocenters. The molecule has 1 aromatic rings. The van der Waals surface area contributed by atoms with Gasteiger partial charge >= 0.3 is 5.97 Å². The topological polar surface area (TPSA) is 75.6 Å². The lowest BCUT2D eigenvalue weighted by Gasteiger charge is -1.96. The number of amides is 1. The first kappa shape index (κ1) is 22.6. The van der Waals surface area contributed by atoms with Crippen LogP contribution in [0.4, 0.5) is 0 Å². The maximum absolute atomic E-state index is 10.4. The molecule has 5 nitrogen and oxygen atoms in total. The Kier molecular flexibility index (Phi) is 15.5. The van der Waals surface area contributed by atoms with Crippen LogP contribution in [0.2, 0.25) is 0 Å². The van der Waals surface area contributed by atoms with Crippen molar-refractivity contribution in [1.82, 2.24) is 5.32 Å². The number of rotatable bonds is 5. The fourth-order valence-electron chi connectivity index (χ4n) is 0.994. The summed E-state index contributed by atoms with van der Waals surface area (Å²) in [6, 6.07) is 10.0. The normalized spacial score (nSPS) is 8.13. The summed E-state index contributed by atoms with van der Waals surface area (Å²) in [5.41, 5.74) is 1.62. The minimum atomic E-state index is -0.359. The molecule has 0 radical (unpaired) electrons. The molecule has 0 saturated carbocycles. The van der Waals surface area contributed by atoms with Crippen molar-refractivity contribution in [2.24, 2.45) is 0 Å². The first-order chi connectivity index (χ1) is 10.9. The number of nitrogens with one attached hydrogen (secondary N) is 1. The minimum absolute atomic E-state index is 0.312. The van der Waals surface area contributed by atoms with E-state index in [-0.39, 0.29) is 18.6 Å². The molecule has 126 valence electrons. The predicted molar refractivity (Wildman–Crippen MR) is 93.4 cm³/mol. The summed E-state index contributed by atoms with van der Waals surface area (Å²) in [5, 5.41) is 10.1. The zero-order valence-corrected chi connectivity index (χ0v) is 13.7. The molecule has 1 aromatic carbocycles. The summed E-state index contributed by atoms with van der Waals surface area (Å²) < 4.78 is 4.56. The highest BCUT2D eigenvalue weighted by molar-refractivity contribution is 5.87. The van der Waals surface area contributed by atoms with Crippen molar-refractivity contribution < 1.29 is 19.4 Å². The number of benzene rings is 1. The maximum Gasteiger partial charge on any atom is 0.333 e. The highest BCUT2D eigenvalue weighted by Gasteiger charge is 1.98. The number of ether oxygens (including phenoxy) is 1. The lowest BCUT2D eigenvalue weighted by molar-refractivity contribution is -0.138. The van der Waals surface area contributed by atoms with Gasteiger partial charge in [0.2, 0.25) is 5.91 Å². The molecule has 1 rings (SSSR count). The van der Waals surface area contributed by atoms with E-state index in [0.29, 0.717) is 12.2 Å². The average molecular weight is 319 g/mol. The van der Waals surface area contributed by atoms with Crippen LogP contribution in [0.1, 0.15) is 19.4 Å². The monoisotopic (exact) mass is 319 g/mol. The van der Waals surface area contributed by atoms with Crippen molar-refractivity contribution in [1.29, 1.82) is 0 Å². The molecule has 1 amide bonds. The zero-order valence-electron chi connectivity index (χ0n) is 13.7. The second kappa shape index (κ2) is 15.7. The Hall–Kier alpha value is -2.66. The summed E-state index contributed by atoms with van der Waals surface area (Å²) in [5.74, 6) is -0.671. The van der Waals surface area contributed by atoms with Crippen LogP contribution < -0.4 is 5.32 Å². The lowest BCUT2D eigenvalue weighted by atomic mass is 10.2. The molecular weight excluding hydrogens is 294 g/mol. The van der Waals surface area contributed by atoms with Gasteiger partial charge in [-0.25, -0.2) is 4.79 Å². The number of hydrogen-bond acceptors (Lipinski definition) is 4. The zero-order chi connectivity index (χ0) is 18.1. The number of esters is 1. The van der Waals surface area contributed by atoms with E-state index in [1.165, 1.54) is 5.56 Å². The Labute approximate surface area is 138 Å². The second-order valence-corrected chi connectivity index (χ2v) is 4.02. The number of aliphatic hydroxyl groups excluding tert-OH is 1. The standard InChI is InChI=1S/C8H8.C6H10O2.C4H7NO2/c1-2-8-6-4-3-5-7-8;1-4-8-6(7)5(2)3;1-2-4(7)5-3-6/h2-7H,1H2;2,4H2,1,3H3;2,6H,1,3H2,(H,5,7). The van der Waals surface area contributed by atoms with Gasteiger partial charge in [-0.3, -0.25) is 4.79 Å². The molecule has 0 aliphatic rings. The third-order valence-electron chi connectivity index (χ3n) is 2.10. The molecular formula is C18H25NO4. The molecule has 0 unspecified atom stereocenters. The van der Waals surface area contributed by atoms with Crippen LogP contribution >= 0.6 is 0 Å². The van der Waals surface area contributed by atoms with E-state index in [1.807, 2.05) is 36.4 Å². The Balaban J connectivity index is 0. The highest BCUT2D eigenvalue weighted by atomic mass is 16.5. The van der Waals surface area contributed by atoms with Crippen LogP contribution in [0, 0.1) is 0 Å². The molecule has 0 spiro atoms. The summed E-state index contributed by atoms with van der Waals surface area (Å²) in [7, 11) is 0. The van der Waals surface area contributed by atoms with Crippen LogP contribution in [0.3, 0.4) is 0 Å². The van der Waals surface area contributed by atoms with Gasteiger partial charge in [0.1, 0.15) is 6.73 Å². The van der Waals surface area contributed by atoms with Crippen molar-refractivity contribution in [3.8, 4) is 0 Å². The first-order valence-electron chi connectivity index (χ1n) is 6.94. The van der Waals surface area contributed by atoms with Crippen LogP contribution in [0.5, 0.6) is 0 Å². The molecule has 0 heterocycles. The lowest BCUT2D eigenvalue weighted by Crippen LogP contribution is -2.20. The smallest absolute Gasteiger partial charge is 0.333 e. The van der Waals surface area contributed by atoms with E-state index in [2.05, 4.69) is 29.8 Å². The molecule has 23 heavy (non-hydrogen) atoms. The van der Waals surface area contributed by atoms with Gasteiger partial charge in [-0.05, 0) is 25.5 Å². The van der Waals surface area contributed by atoms with Gasteiger partial charge in [0.25, 0.3) is 0 Å². The third kappa shape index (κ3) is 15.5. The number of hydrogen-bond donors (Lipinski definition) is 2. The Bertz CT molecular complexity index is 495. The summed E-state index contributed by atoms with van der Waals surface area (Å²) >= 11 is 0. The number of aliphatic hydroxyl groups is 1. The van der Waals surface area contributed by atoms with E-state index >= 15 is 0 Å². The van der Waals surface area contributed by atoms with E-state index in [0.717, 1.165) is 6.08 Å². The van der Waals surface area contributed by atoms with Crippen molar-refractivity contribution >= 4 is 18.0 Å². The van der Waals surface area contributed by atoms with Crippen LogP contribution in [0.25, 0.3) is 6.08 Å². The quantitative estimate of drug-likeness (QED) is 0.497. The third-order valence-corrected chi connectivity index (χ3v) is 2.10. The average Bonchev–Trinajstić information content (AvgIpc) is 2.57. The van der Waals surface area contributed by atoms with Gasteiger partial charge in [-0.1, -0.05) is 56.1 Å². The van der Waals surface area contributed by atoms with E-state index in [9.17, 15) is 9.59 Å². The summed E-state index contributed by atoms with van der Waals surface area (Å²) in [6.07, 6.45) is 2.93. The van der Waals surface area contributed by atoms with Crippen LogP contribution in [0.15, 0.2) is 61.7 Å². The van der Waals surface area contributed by atoms with Crippen molar-refractivity contribution in [3.63, 3.8) is 0 Å². The molecule has 0 fully saturated rings. The van der Waals surface area contributed by atoms with Crippen molar-refractivity contribution in [3.05, 3.63) is 67.3 Å². The summed E-state index contributed by atoms with van der Waals surface area (Å²) in [4.78, 5) is 20.4. The first-order valence-corrected chi connectivity index (χ1v) is 6.94. The van der Waals surface area contributed by atoms with E-state index in [4.69, 9.17) is 5.11 Å². The van der Waals surface area contributed by atoms with Crippen molar-refractivity contribution in [2.45, 2.75) is 13.8 Å².